The zero-order valence-corrected chi connectivity index (χ0v) is 12.3. The van der Waals surface area contributed by atoms with Gasteiger partial charge in [0.1, 0.15) is 0 Å². The first-order valence-corrected chi connectivity index (χ1v) is 7.49. The van der Waals surface area contributed by atoms with E-state index in [9.17, 15) is 4.79 Å². The van der Waals surface area contributed by atoms with Crippen molar-refractivity contribution in [1.29, 1.82) is 0 Å². The second-order valence-corrected chi connectivity index (χ2v) is 5.21. The van der Waals surface area contributed by atoms with Crippen molar-refractivity contribution in [2.45, 2.75) is 19.8 Å². The lowest BCUT2D eigenvalue weighted by atomic mass is 10.1. The van der Waals surface area contributed by atoms with Crippen LogP contribution in [0.4, 0.5) is 5.69 Å². The number of esters is 1. The Hall–Kier alpha value is -2.23. The van der Waals surface area contributed by atoms with Gasteiger partial charge in [-0.3, -0.25) is 0 Å². The maximum Gasteiger partial charge on any atom is 0.340 e. The van der Waals surface area contributed by atoms with E-state index in [1.807, 2.05) is 48.1 Å². The Morgan fingerprint density at radius 3 is 2.57 bits per heavy atom. The van der Waals surface area contributed by atoms with Crippen molar-refractivity contribution in [3.63, 3.8) is 0 Å². The van der Waals surface area contributed by atoms with Gasteiger partial charge in [0.2, 0.25) is 0 Å². The van der Waals surface area contributed by atoms with Crippen LogP contribution in [0.3, 0.4) is 0 Å². The van der Waals surface area contributed by atoms with Gasteiger partial charge in [0.15, 0.2) is 0 Å². The van der Waals surface area contributed by atoms with Gasteiger partial charge >= 0.3 is 5.97 Å². The molecule has 2 heterocycles. The van der Waals surface area contributed by atoms with Crippen LogP contribution in [-0.4, -0.2) is 30.2 Å². The summed E-state index contributed by atoms with van der Waals surface area (Å²) in [6.45, 7) is 4.25. The summed E-state index contributed by atoms with van der Waals surface area (Å²) in [6.07, 6.45) is 6.31. The first kappa shape index (κ1) is 13.7. The molecule has 1 aromatic carbocycles. The first-order valence-electron chi connectivity index (χ1n) is 7.49. The molecule has 4 heteroatoms. The molecule has 0 radical (unpaired) electrons. The summed E-state index contributed by atoms with van der Waals surface area (Å²) in [5.41, 5.74) is 2.62. The van der Waals surface area contributed by atoms with Crippen molar-refractivity contribution in [1.82, 2.24) is 4.57 Å². The van der Waals surface area contributed by atoms with Gasteiger partial charge in [-0.1, -0.05) is 0 Å². The van der Waals surface area contributed by atoms with Gasteiger partial charge in [0.25, 0.3) is 0 Å². The van der Waals surface area contributed by atoms with Crippen LogP contribution in [0.25, 0.3) is 5.69 Å². The number of benzene rings is 1. The van der Waals surface area contributed by atoms with Crippen molar-refractivity contribution in [2.24, 2.45) is 0 Å². The molecule has 0 amide bonds. The van der Waals surface area contributed by atoms with Gasteiger partial charge in [0.05, 0.1) is 17.9 Å². The number of carbonyl (C=O) groups is 1. The number of nitrogens with zero attached hydrogens (tertiary/aromatic N) is 2. The molecule has 4 nitrogen and oxygen atoms in total. The van der Waals surface area contributed by atoms with Crippen LogP contribution in [0.15, 0.2) is 42.7 Å². The molecule has 0 saturated carbocycles. The lowest BCUT2D eigenvalue weighted by Crippen LogP contribution is -2.21. The number of aromatic nitrogens is 1. The molecule has 2 aromatic rings. The molecule has 0 bridgehead atoms. The highest BCUT2D eigenvalue weighted by molar-refractivity contribution is 5.96. The summed E-state index contributed by atoms with van der Waals surface area (Å²) in [5.74, 6) is -0.242. The molecule has 1 aliphatic rings. The van der Waals surface area contributed by atoms with E-state index < -0.39 is 0 Å². The third-order valence-corrected chi connectivity index (χ3v) is 3.82. The van der Waals surface area contributed by atoms with Gasteiger partial charge in [0, 0.05) is 31.2 Å². The van der Waals surface area contributed by atoms with E-state index in [0.29, 0.717) is 12.2 Å². The summed E-state index contributed by atoms with van der Waals surface area (Å²) < 4.78 is 7.22. The minimum atomic E-state index is -0.242. The smallest absolute Gasteiger partial charge is 0.340 e. The molecule has 21 heavy (non-hydrogen) atoms. The highest BCUT2D eigenvalue weighted by atomic mass is 16.5. The lowest BCUT2D eigenvalue weighted by Gasteiger charge is -2.21. The second-order valence-electron chi connectivity index (χ2n) is 5.21. The quantitative estimate of drug-likeness (QED) is 0.808. The van der Waals surface area contributed by atoms with E-state index in [0.717, 1.165) is 24.5 Å². The Balaban J connectivity index is 2.01. The lowest BCUT2D eigenvalue weighted by molar-refractivity contribution is 0.0527. The summed E-state index contributed by atoms with van der Waals surface area (Å²) >= 11 is 0. The van der Waals surface area contributed by atoms with Crippen LogP contribution < -0.4 is 4.90 Å². The minimum absolute atomic E-state index is 0.242. The topological polar surface area (TPSA) is 34.5 Å². The molecule has 0 unspecified atom stereocenters. The third kappa shape index (κ3) is 2.79. The third-order valence-electron chi connectivity index (χ3n) is 3.82. The summed E-state index contributed by atoms with van der Waals surface area (Å²) in [7, 11) is 0. The van der Waals surface area contributed by atoms with Crippen molar-refractivity contribution in [3.05, 3.63) is 48.3 Å². The van der Waals surface area contributed by atoms with E-state index in [4.69, 9.17) is 4.74 Å². The molecule has 3 rings (SSSR count). The number of ether oxygens (including phenoxy) is 1. The average Bonchev–Trinajstić information content (AvgIpc) is 3.20. The predicted octanol–water partition coefficient (Wildman–Crippen LogP) is 3.25. The SMILES string of the molecule is CCOC(=O)c1cc(-n2cccc2)ccc1N1CCCC1. The standard InChI is InChI=1S/C17H20N2O2/c1-2-21-17(20)15-13-14(18-9-3-4-10-18)7-8-16(15)19-11-5-6-12-19/h3-4,7-10,13H,2,5-6,11-12H2,1H3. The zero-order chi connectivity index (χ0) is 14.7. The molecular formula is C17H20N2O2. The molecule has 110 valence electrons. The van der Waals surface area contributed by atoms with E-state index in [-0.39, 0.29) is 5.97 Å². The van der Waals surface area contributed by atoms with Crippen molar-refractivity contribution >= 4 is 11.7 Å². The molecule has 1 aliphatic heterocycles. The fourth-order valence-electron chi connectivity index (χ4n) is 2.80. The molecule has 0 aliphatic carbocycles. The van der Waals surface area contributed by atoms with Crippen LogP contribution in [0, 0.1) is 0 Å². The molecule has 1 fully saturated rings. The zero-order valence-electron chi connectivity index (χ0n) is 12.3. The number of anilines is 1. The fourth-order valence-corrected chi connectivity index (χ4v) is 2.80. The van der Waals surface area contributed by atoms with Gasteiger partial charge in [-0.25, -0.2) is 4.79 Å². The van der Waals surface area contributed by atoms with E-state index in [2.05, 4.69) is 11.0 Å². The molecule has 1 saturated heterocycles. The average molecular weight is 284 g/mol. The van der Waals surface area contributed by atoms with Crippen LogP contribution in [-0.2, 0) is 4.74 Å². The Morgan fingerprint density at radius 2 is 1.90 bits per heavy atom. The summed E-state index contributed by atoms with van der Waals surface area (Å²) in [4.78, 5) is 14.6. The Morgan fingerprint density at radius 1 is 1.19 bits per heavy atom. The summed E-state index contributed by atoms with van der Waals surface area (Å²) in [6, 6.07) is 9.95. The number of hydrogen-bond donors (Lipinski definition) is 0. The van der Waals surface area contributed by atoms with E-state index in [1.54, 1.807) is 0 Å². The number of carbonyl (C=O) groups excluding carboxylic acids is 1. The second kappa shape index (κ2) is 6.04. The Labute approximate surface area is 124 Å². The van der Waals surface area contributed by atoms with Crippen molar-refractivity contribution in [2.75, 3.05) is 24.6 Å². The largest absolute Gasteiger partial charge is 0.462 e. The fraction of sp³-hybridized carbons (Fsp3) is 0.353. The van der Waals surface area contributed by atoms with Gasteiger partial charge in [-0.05, 0) is 50.1 Å². The minimum Gasteiger partial charge on any atom is -0.462 e. The van der Waals surface area contributed by atoms with Gasteiger partial charge in [-0.15, -0.1) is 0 Å². The summed E-state index contributed by atoms with van der Waals surface area (Å²) in [5, 5.41) is 0. The monoisotopic (exact) mass is 284 g/mol. The first-order chi connectivity index (χ1) is 10.3. The normalized spacial score (nSPS) is 14.4. The molecule has 1 aromatic heterocycles. The van der Waals surface area contributed by atoms with Crippen LogP contribution >= 0.6 is 0 Å². The van der Waals surface area contributed by atoms with Crippen LogP contribution in [0.1, 0.15) is 30.1 Å². The van der Waals surface area contributed by atoms with Crippen molar-refractivity contribution < 1.29 is 9.53 Å². The highest BCUT2D eigenvalue weighted by Gasteiger charge is 2.21. The highest BCUT2D eigenvalue weighted by Crippen LogP contribution is 2.27. The van der Waals surface area contributed by atoms with E-state index in [1.165, 1.54) is 12.8 Å². The number of hydrogen-bond acceptors (Lipinski definition) is 3. The van der Waals surface area contributed by atoms with Gasteiger partial charge < -0.3 is 14.2 Å². The van der Waals surface area contributed by atoms with Crippen LogP contribution in [0.5, 0.6) is 0 Å². The molecule has 0 spiro atoms. The molecule has 0 atom stereocenters. The molecule has 0 N–H and O–H groups in total. The van der Waals surface area contributed by atoms with Crippen LogP contribution in [0.2, 0.25) is 0 Å². The van der Waals surface area contributed by atoms with E-state index >= 15 is 0 Å². The predicted molar refractivity (Wildman–Crippen MR) is 83.2 cm³/mol. The maximum atomic E-state index is 12.3. The maximum absolute atomic E-state index is 12.3. The number of rotatable bonds is 4. The Bertz CT molecular complexity index is 614. The molecular weight excluding hydrogens is 264 g/mol. The van der Waals surface area contributed by atoms with Crippen molar-refractivity contribution in [3.8, 4) is 5.69 Å². The Kier molecular flexibility index (Phi) is 3.95. The van der Waals surface area contributed by atoms with Gasteiger partial charge in [-0.2, -0.15) is 0 Å².